The third-order valence-corrected chi connectivity index (χ3v) is 3.46. The minimum absolute atomic E-state index is 0.156. The molecule has 0 atom stereocenters. The van der Waals surface area contributed by atoms with Gasteiger partial charge in [-0.15, -0.1) is 16.4 Å². The van der Waals surface area contributed by atoms with Crippen molar-refractivity contribution in [3.63, 3.8) is 0 Å². The monoisotopic (exact) mass is 265 g/mol. The van der Waals surface area contributed by atoms with Crippen molar-refractivity contribution >= 4 is 22.4 Å². The molecule has 0 bridgehead atoms. The Balaban J connectivity index is 2.06. The summed E-state index contributed by atoms with van der Waals surface area (Å²) in [5.41, 5.74) is 0.928. The van der Waals surface area contributed by atoms with Crippen molar-refractivity contribution < 1.29 is 4.79 Å². The zero-order valence-electron chi connectivity index (χ0n) is 10.6. The molecule has 0 unspecified atom stereocenters. The van der Waals surface area contributed by atoms with E-state index >= 15 is 0 Å². The summed E-state index contributed by atoms with van der Waals surface area (Å²) < 4.78 is 0. The summed E-state index contributed by atoms with van der Waals surface area (Å²) in [5, 5.41) is 9.92. The average Bonchev–Trinajstić information content (AvgIpc) is 2.88. The summed E-state index contributed by atoms with van der Waals surface area (Å²) in [6.07, 6.45) is 1.75. The topological polar surface area (TPSA) is 83.6 Å². The predicted octanol–water partition coefficient (Wildman–Crippen LogP) is 2.08. The van der Waals surface area contributed by atoms with E-state index in [0.717, 1.165) is 29.2 Å². The molecule has 6 nitrogen and oxygen atoms in total. The zero-order chi connectivity index (χ0) is 13.1. The lowest BCUT2D eigenvalue weighted by Gasteiger charge is -1.95. The van der Waals surface area contributed by atoms with Gasteiger partial charge in [0, 0.05) is 11.3 Å². The van der Waals surface area contributed by atoms with Gasteiger partial charge in [0.05, 0.1) is 5.69 Å². The van der Waals surface area contributed by atoms with E-state index in [4.69, 9.17) is 0 Å². The van der Waals surface area contributed by atoms with E-state index in [1.165, 1.54) is 11.3 Å². The maximum absolute atomic E-state index is 11.9. The van der Waals surface area contributed by atoms with Crippen LogP contribution in [-0.2, 0) is 6.42 Å². The van der Waals surface area contributed by atoms with Gasteiger partial charge in [-0.25, -0.2) is 9.97 Å². The number of hydrogen-bond donors (Lipinski definition) is 2. The number of rotatable bonds is 4. The van der Waals surface area contributed by atoms with Gasteiger partial charge in [0.2, 0.25) is 5.82 Å². The SMILES string of the molecule is CCCc1nc(C(=O)Nc2nc(C)c(C)s2)n[nH]1. The number of thiazole rings is 1. The van der Waals surface area contributed by atoms with Crippen molar-refractivity contribution in [2.24, 2.45) is 0 Å². The lowest BCUT2D eigenvalue weighted by molar-refractivity contribution is 0.101. The van der Waals surface area contributed by atoms with Gasteiger partial charge in [0.15, 0.2) is 5.13 Å². The van der Waals surface area contributed by atoms with Crippen molar-refractivity contribution in [1.82, 2.24) is 20.2 Å². The largest absolute Gasteiger partial charge is 0.297 e. The number of aromatic amines is 1. The molecular formula is C11H15N5OS. The first-order chi connectivity index (χ1) is 8.60. The lowest BCUT2D eigenvalue weighted by Crippen LogP contribution is -2.13. The Morgan fingerprint density at radius 3 is 2.78 bits per heavy atom. The van der Waals surface area contributed by atoms with Crippen LogP contribution in [-0.4, -0.2) is 26.1 Å². The summed E-state index contributed by atoms with van der Waals surface area (Å²) in [7, 11) is 0. The zero-order valence-corrected chi connectivity index (χ0v) is 11.4. The van der Waals surface area contributed by atoms with Crippen molar-refractivity contribution in [1.29, 1.82) is 0 Å². The van der Waals surface area contributed by atoms with Gasteiger partial charge in [-0.3, -0.25) is 15.2 Å². The van der Waals surface area contributed by atoms with E-state index < -0.39 is 0 Å². The smallest absolute Gasteiger partial charge is 0.295 e. The van der Waals surface area contributed by atoms with Gasteiger partial charge in [-0.1, -0.05) is 6.92 Å². The van der Waals surface area contributed by atoms with Crippen LogP contribution in [0.25, 0.3) is 0 Å². The molecule has 2 aromatic rings. The number of aryl methyl sites for hydroxylation is 3. The molecule has 0 fully saturated rings. The van der Waals surface area contributed by atoms with Gasteiger partial charge in [0.1, 0.15) is 5.82 Å². The number of anilines is 1. The predicted molar refractivity (Wildman–Crippen MR) is 69.9 cm³/mol. The molecule has 0 aliphatic rings. The standard InChI is InChI=1S/C11H15N5OS/c1-4-5-8-13-9(16-15-8)10(17)14-11-12-6(2)7(3)18-11/h4-5H2,1-3H3,(H,12,14,17)(H,13,15,16). The minimum Gasteiger partial charge on any atom is -0.295 e. The minimum atomic E-state index is -0.331. The lowest BCUT2D eigenvalue weighted by atomic mass is 10.3. The molecule has 0 saturated carbocycles. The molecule has 0 aliphatic carbocycles. The van der Waals surface area contributed by atoms with Crippen LogP contribution in [0.2, 0.25) is 0 Å². The van der Waals surface area contributed by atoms with Crippen LogP contribution in [0.3, 0.4) is 0 Å². The molecule has 0 aliphatic heterocycles. The fourth-order valence-electron chi connectivity index (χ4n) is 1.42. The number of H-pyrrole nitrogens is 1. The highest BCUT2D eigenvalue weighted by Gasteiger charge is 2.14. The number of amides is 1. The van der Waals surface area contributed by atoms with Crippen LogP contribution in [0.4, 0.5) is 5.13 Å². The third kappa shape index (κ3) is 2.73. The Hall–Kier alpha value is -1.76. The normalized spacial score (nSPS) is 10.6. The van der Waals surface area contributed by atoms with Gasteiger partial charge >= 0.3 is 0 Å². The molecule has 96 valence electrons. The molecule has 0 radical (unpaired) electrons. The number of carbonyl (C=O) groups excluding carboxylic acids is 1. The molecule has 2 heterocycles. The van der Waals surface area contributed by atoms with Crippen molar-refractivity contribution in [3.05, 3.63) is 22.2 Å². The van der Waals surface area contributed by atoms with Crippen LogP contribution in [0.1, 0.15) is 40.4 Å². The first-order valence-corrected chi connectivity index (χ1v) is 6.58. The van der Waals surface area contributed by atoms with Gasteiger partial charge in [-0.2, -0.15) is 0 Å². The first kappa shape index (κ1) is 12.7. The second-order valence-electron chi connectivity index (χ2n) is 3.97. The Morgan fingerprint density at radius 2 is 2.17 bits per heavy atom. The second-order valence-corrected chi connectivity index (χ2v) is 5.17. The molecular weight excluding hydrogens is 250 g/mol. The summed E-state index contributed by atoms with van der Waals surface area (Å²) in [4.78, 5) is 21.3. The fourth-order valence-corrected chi connectivity index (χ4v) is 2.23. The molecule has 0 saturated heterocycles. The molecule has 0 spiro atoms. The molecule has 0 aromatic carbocycles. The molecule has 2 rings (SSSR count). The number of aromatic nitrogens is 4. The maximum atomic E-state index is 11.9. The second kappa shape index (κ2) is 5.26. The van der Waals surface area contributed by atoms with Crippen molar-refractivity contribution in [2.75, 3.05) is 5.32 Å². The molecule has 18 heavy (non-hydrogen) atoms. The van der Waals surface area contributed by atoms with E-state index in [1.807, 2.05) is 20.8 Å². The van der Waals surface area contributed by atoms with Crippen molar-refractivity contribution in [3.8, 4) is 0 Å². The molecule has 1 amide bonds. The first-order valence-electron chi connectivity index (χ1n) is 5.76. The van der Waals surface area contributed by atoms with Gasteiger partial charge in [-0.05, 0) is 20.3 Å². The van der Waals surface area contributed by atoms with E-state index in [1.54, 1.807) is 0 Å². The number of nitrogens with zero attached hydrogens (tertiary/aromatic N) is 3. The maximum Gasteiger partial charge on any atom is 0.297 e. The molecule has 2 N–H and O–H groups in total. The number of hydrogen-bond acceptors (Lipinski definition) is 5. The summed E-state index contributed by atoms with van der Waals surface area (Å²) in [6, 6.07) is 0. The van der Waals surface area contributed by atoms with Crippen LogP contribution < -0.4 is 5.32 Å². The van der Waals surface area contributed by atoms with Crippen LogP contribution in [0.15, 0.2) is 0 Å². The third-order valence-electron chi connectivity index (χ3n) is 2.47. The van der Waals surface area contributed by atoms with Crippen LogP contribution in [0, 0.1) is 13.8 Å². The highest BCUT2D eigenvalue weighted by molar-refractivity contribution is 7.15. The Bertz CT molecular complexity index is 540. The van der Waals surface area contributed by atoms with Crippen LogP contribution >= 0.6 is 11.3 Å². The molecule has 7 heteroatoms. The summed E-state index contributed by atoms with van der Waals surface area (Å²) in [6.45, 7) is 5.92. The van der Waals surface area contributed by atoms with E-state index in [2.05, 4.69) is 25.5 Å². The van der Waals surface area contributed by atoms with Gasteiger partial charge < -0.3 is 0 Å². The van der Waals surface area contributed by atoms with Crippen molar-refractivity contribution in [2.45, 2.75) is 33.6 Å². The Kier molecular flexibility index (Phi) is 3.71. The molecule has 2 aromatic heterocycles. The summed E-state index contributed by atoms with van der Waals surface area (Å²) in [5.74, 6) is 0.556. The van der Waals surface area contributed by atoms with E-state index in [-0.39, 0.29) is 11.7 Å². The number of nitrogens with one attached hydrogen (secondary N) is 2. The van der Waals surface area contributed by atoms with Crippen LogP contribution in [0.5, 0.6) is 0 Å². The highest BCUT2D eigenvalue weighted by Crippen LogP contribution is 2.21. The Labute approximate surface area is 109 Å². The quantitative estimate of drug-likeness (QED) is 0.886. The fraction of sp³-hybridized carbons (Fsp3) is 0.455. The van der Waals surface area contributed by atoms with E-state index in [0.29, 0.717) is 5.13 Å². The summed E-state index contributed by atoms with van der Waals surface area (Å²) >= 11 is 1.45. The average molecular weight is 265 g/mol. The van der Waals surface area contributed by atoms with Gasteiger partial charge in [0.25, 0.3) is 5.91 Å². The van der Waals surface area contributed by atoms with E-state index in [9.17, 15) is 4.79 Å². The Morgan fingerprint density at radius 1 is 1.39 bits per heavy atom. The number of carbonyl (C=O) groups is 1. The highest BCUT2D eigenvalue weighted by atomic mass is 32.1.